The number of carbonyl (C=O) groups excluding carboxylic acids is 1. The van der Waals surface area contributed by atoms with Crippen molar-refractivity contribution in [2.24, 2.45) is 22.9 Å². The highest BCUT2D eigenvalue weighted by Crippen LogP contribution is 2.42. The third-order valence-corrected chi connectivity index (χ3v) is 4.93. The second kappa shape index (κ2) is 8.93. The summed E-state index contributed by atoms with van der Waals surface area (Å²) in [6.45, 7) is 7.08. The Bertz CT molecular complexity index is 702. The third kappa shape index (κ3) is 4.43. The van der Waals surface area contributed by atoms with Gasteiger partial charge in [0.15, 0.2) is 11.5 Å². The molecule has 1 N–H and O–H groups in total. The molecule has 1 amide bonds. The van der Waals surface area contributed by atoms with Gasteiger partial charge >= 0.3 is 0 Å². The van der Waals surface area contributed by atoms with Crippen molar-refractivity contribution in [1.29, 1.82) is 0 Å². The van der Waals surface area contributed by atoms with Gasteiger partial charge in [0.1, 0.15) is 0 Å². The van der Waals surface area contributed by atoms with Crippen molar-refractivity contribution in [3.63, 3.8) is 0 Å². The fraction of sp³-hybridized carbons (Fsp3) is 0.524. The van der Waals surface area contributed by atoms with Gasteiger partial charge in [-0.2, -0.15) is 5.10 Å². The summed E-state index contributed by atoms with van der Waals surface area (Å²) in [6, 6.07) is 3.34. The number of nitrogens with zero attached hydrogens (tertiary/aromatic N) is 1. The van der Waals surface area contributed by atoms with Gasteiger partial charge in [-0.15, -0.1) is 0 Å². The molecule has 0 saturated heterocycles. The van der Waals surface area contributed by atoms with E-state index in [0.29, 0.717) is 60.4 Å². The Labute approximate surface area is 160 Å². The van der Waals surface area contributed by atoms with Crippen molar-refractivity contribution in [2.75, 3.05) is 19.8 Å². The van der Waals surface area contributed by atoms with Crippen LogP contribution < -0.4 is 19.6 Å². The quantitative estimate of drug-likeness (QED) is 0.407. The molecule has 1 aromatic rings. The lowest BCUT2D eigenvalue weighted by atomic mass is 9.95. The minimum atomic E-state index is -0.296. The number of hydrazone groups is 1. The van der Waals surface area contributed by atoms with Crippen LogP contribution in [-0.2, 0) is 0 Å². The Kier molecular flexibility index (Phi) is 6.37. The van der Waals surface area contributed by atoms with Crippen molar-refractivity contribution < 1.29 is 19.0 Å². The molecule has 27 heavy (non-hydrogen) atoms. The van der Waals surface area contributed by atoms with Gasteiger partial charge in [0.25, 0.3) is 5.91 Å². The number of fused-ring (bicyclic) bond motifs is 2. The Hall–Kier alpha value is -2.50. The Balaban J connectivity index is 1.73. The predicted octanol–water partition coefficient (Wildman–Crippen LogP) is 3.81. The summed E-state index contributed by atoms with van der Waals surface area (Å²) < 4.78 is 17.0. The molecule has 1 saturated carbocycles. The van der Waals surface area contributed by atoms with Crippen LogP contribution in [0.4, 0.5) is 0 Å². The Morgan fingerprint density at radius 3 is 2.26 bits per heavy atom. The molecule has 3 atom stereocenters. The first-order valence-corrected chi connectivity index (χ1v) is 9.74. The largest absolute Gasteiger partial charge is 0.490 e. The first-order valence-electron chi connectivity index (χ1n) is 9.74. The smallest absolute Gasteiger partial charge is 0.271 e. The van der Waals surface area contributed by atoms with E-state index in [1.54, 1.807) is 12.1 Å². The Morgan fingerprint density at radius 1 is 1.07 bits per heavy atom. The van der Waals surface area contributed by atoms with E-state index in [2.05, 4.69) is 22.7 Å². The van der Waals surface area contributed by atoms with Gasteiger partial charge in [0.2, 0.25) is 5.75 Å². The topological polar surface area (TPSA) is 69.2 Å². The zero-order valence-electron chi connectivity index (χ0n) is 16.2. The summed E-state index contributed by atoms with van der Waals surface area (Å²) in [5.74, 6) is 2.88. The average Bonchev–Trinajstić information content (AvgIpc) is 3.27. The molecule has 6 nitrogen and oxygen atoms in total. The van der Waals surface area contributed by atoms with Crippen LogP contribution in [0.2, 0.25) is 0 Å². The number of ether oxygens (including phenoxy) is 3. The SMILES string of the molecule is CCOc1cc(C(=O)N/N=C\C2CC3C=CC2C3)cc(OCC)c1OCC. The molecule has 3 rings (SSSR count). The highest BCUT2D eigenvalue weighted by molar-refractivity contribution is 5.95. The van der Waals surface area contributed by atoms with Gasteiger partial charge in [-0.3, -0.25) is 4.79 Å². The maximum atomic E-state index is 12.6. The van der Waals surface area contributed by atoms with E-state index in [4.69, 9.17) is 14.2 Å². The molecule has 2 aliphatic carbocycles. The number of hydrogen-bond acceptors (Lipinski definition) is 5. The molecule has 6 heteroatoms. The normalized spacial score (nSPS) is 23.0. The van der Waals surface area contributed by atoms with Crippen molar-refractivity contribution >= 4 is 12.1 Å². The molecule has 1 aromatic carbocycles. The fourth-order valence-electron chi connectivity index (χ4n) is 3.77. The van der Waals surface area contributed by atoms with Crippen molar-refractivity contribution in [3.8, 4) is 17.2 Å². The molecular formula is C21H28N2O4. The van der Waals surface area contributed by atoms with Gasteiger partial charge in [-0.1, -0.05) is 12.2 Å². The van der Waals surface area contributed by atoms with E-state index in [1.165, 1.54) is 6.42 Å². The van der Waals surface area contributed by atoms with Gasteiger partial charge < -0.3 is 14.2 Å². The molecule has 0 radical (unpaired) electrons. The van der Waals surface area contributed by atoms with Crippen LogP contribution in [0.3, 0.4) is 0 Å². The highest BCUT2D eigenvalue weighted by atomic mass is 16.5. The Morgan fingerprint density at radius 2 is 1.74 bits per heavy atom. The van der Waals surface area contributed by atoms with E-state index in [9.17, 15) is 4.79 Å². The van der Waals surface area contributed by atoms with Crippen LogP contribution >= 0.6 is 0 Å². The van der Waals surface area contributed by atoms with Crippen LogP contribution in [0, 0.1) is 17.8 Å². The molecule has 3 unspecified atom stereocenters. The summed E-state index contributed by atoms with van der Waals surface area (Å²) >= 11 is 0. The zero-order valence-corrected chi connectivity index (χ0v) is 16.2. The van der Waals surface area contributed by atoms with Crippen LogP contribution in [0.5, 0.6) is 17.2 Å². The minimum Gasteiger partial charge on any atom is -0.490 e. The zero-order chi connectivity index (χ0) is 19.2. The lowest BCUT2D eigenvalue weighted by Gasteiger charge is -2.16. The summed E-state index contributed by atoms with van der Waals surface area (Å²) in [4.78, 5) is 12.6. The second-order valence-electron chi connectivity index (χ2n) is 6.76. The van der Waals surface area contributed by atoms with Gasteiger partial charge in [-0.05, 0) is 57.6 Å². The average molecular weight is 372 g/mol. The monoisotopic (exact) mass is 372 g/mol. The van der Waals surface area contributed by atoms with Crippen LogP contribution in [0.25, 0.3) is 0 Å². The maximum absolute atomic E-state index is 12.6. The minimum absolute atomic E-state index is 0.296. The fourth-order valence-corrected chi connectivity index (χ4v) is 3.77. The lowest BCUT2D eigenvalue weighted by Crippen LogP contribution is -2.20. The summed E-state index contributed by atoms with van der Waals surface area (Å²) in [6.07, 6.45) is 8.75. The molecule has 0 spiro atoms. The number of amides is 1. The number of rotatable bonds is 9. The number of carbonyl (C=O) groups is 1. The molecule has 0 aliphatic heterocycles. The van der Waals surface area contributed by atoms with Crippen molar-refractivity contribution in [1.82, 2.24) is 5.43 Å². The van der Waals surface area contributed by atoms with E-state index >= 15 is 0 Å². The molecule has 2 aliphatic rings. The number of allylic oxidation sites excluding steroid dienone is 2. The number of nitrogens with one attached hydrogen (secondary N) is 1. The van der Waals surface area contributed by atoms with E-state index in [1.807, 2.05) is 27.0 Å². The highest BCUT2D eigenvalue weighted by Gasteiger charge is 2.34. The third-order valence-electron chi connectivity index (χ3n) is 4.93. The van der Waals surface area contributed by atoms with Crippen LogP contribution in [-0.4, -0.2) is 31.9 Å². The van der Waals surface area contributed by atoms with E-state index in [0.717, 1.165) is 6.42 Å². The molecule has 146 valence electrons. The molecule has 2 bridgehead atoms. The lowest BCUT2D eigenvalue weighted by molar-refractivity contribution is 0.0953. The van der Waals surface area contributed by atoms with Gasteiger partial charge in [0.05, 0.1) is 19.8 Å². The van der Waals surface area contributed by atoms with Crippen LogP contribution in [0.15, 0.2) is 29.4 Å². The molecular weight excluding hydrogens is 344 g/mol. The standard InChI is InChI=1S/C21H28N2O4/c1-4-25-18-11-16(12-19(26-5-2)20(18)27-6-3)21(24)23-22-13-17-10-14-7-8-15(17)9-14/h7-8,11-15,17H,4-6,9-10H2,1-3H3,(H,23,24)/b22-13-. The van der Waals surface area contributed by atoms with Crippen LogP contribution in [0.1, 0.15) is 44.0 Å². The van der Waals surface area contributed by atoms with Crippen molar-refractivity contribution in [3.05, 3.63) is 29.8 Å². The van der Waals surface area contributed by atoms with Gasteiger partial charge in [-0.25, -0.2) is 5.43 Å². The number of benzene rings is 1. The predicted molar refractivity (Wildman–Crippen MR) is 105 cm³/mol. The van der Waals surface area contributed by atoms with E-state index < -0.39 is 0 Å². The molecule has 1 fully saturated rings. The first kappa shape index (κ1) is 19.3. The summed E-state index contributed by atoms with van der Waals surface area (Å²) in [7, 11) is 0. The van der Waals surface area contributed by atoms with Gasteiger partial charge in [0, 0.05) is 17.7 Å². The van der Waals surface area contributed by atoms with E-state index in [-0.39, 0.29) is 5.91 Å². The number of hydrogen-bond donors (Lipinski definition) is 1. The first-order chi connectivity index (χ1) is 13.2. The summed E-state index contributed by atoms with van der Waals surface area (Å²) in [5, 5.41) is 4.19. The molecule has 0 aromatic heterocycles. The summed E-state index contributed by atoms with van der Waals surface area (Å²) in [5.41, 5.74) is 3.06. The molecule has 0 heterocycles. The van der Waals surface area contributed by atoms with Crippen molar-refractivity contribution in [2.45, 2.75) is 33.6 Å². The second-order valence-corrected chi connectivity index (χ2v) is 6.76. The maximum Gasteiger partial charge on any atom is 0.271 e.